The minimum absolute atomic E-state index is 0.0675. The van der Waals surface area contributed by atoms with E-state index in [1.54, 1.807) is 0 Å². The molecule has 3 nitrogen and oxygen atoms in total. The van der Waals surface area contributed by atoms with Crippen molar-refractivity contribution in [2.24, 2.45) is 0 Å². The summed E-state index contributed by atoms with van der Waals surface area (Å²) < 4.78 is 0. The lowest BCUT2D eigenvalue weighted by molar-refractivity contribution is -0.136. The zero-order valence-electron chi connectivity index (χ0n) is 10.9. The van der Waals surface area contributed by atoms with Gasteiger partial charge in [-0.1, -0.05) is 36.4 Å². The van der Waals surface area contributed by atoms with E-state index in [0.717, 1.165) is 17.8 Å². The van der Waals surface area contributed by atoms with Crippen LogP contribution in [0.5, 0.6) is 0 Å². The monoisotopic (exact) mass is 255 g/mol. The SMILES string of the molecule is Cc1ccccc1CNc1ccc(CC(=O)O)cc1. The van der Waals surface area contributed by atoms with Crippen molar-refractivity contribution >= 4 is 11.7 Å². The van der Waals surface area contributed by atoms with Crippen LogP contribution in [0.4, 0.5) is 5.69 Å². The van der Waals surface area contributed by atoms with Crippen molar-refractivity contribution in [2.45, 2.75) is 19.9 Å². The van der Waals surface area contributed by atoms with Gasteiger partial charge in [-0.15, -0.1) is 0 Å². The van der Waals surface area contributed by atoms with Gasteiger partial charge in [0.1, 0.15) is 0 Å². The highest BCUT2D eigenvalue weighted by molar-refractivity contribution is 5.70. The molecular formula is C16H17NO2. The number of carboxylic acid groups (broad SMARTS) is 1. The first-order valence-corrected chi connectivity index (χ1v) is 6.24. The molecular weight excluding hydrogens is 238 g/mol. The molecule has 0 unspecified atom stereocenters. The molecule has 0 aliphatic heterocycles. The third-order valence-electron chi connectivity index (χ3n) is 3.05. The summed E-state index contributed by atoms with van der Waals surface area (Å²) in [5, 5.41) is 12.0. The summed E-state index contributed by atoms with van der Waals surface area (Å²) in [6, 6.07) is 15.8. The summed E-state index contributed by atoms with van der Waals surface area (Å²) in [6.45, 7) is 2.86. The van der Waals surface area contributed by atoms with Crippen molar-refractivity contribution in [3.05, 3.63) is 65.2 Å². The highest BCUT2D eigenvalue weighted by Gasteiger charge is 2.01. The van der Waals surface area contributed by atoms with Gasteiger partial charge >= 0.3 is 5.97 Å². The van der Waals surface area contributed by atoms with Crippen molar-refractivity contribution in [1.82, 2.24) is 0 Å². The smallest absolute Gasteiger partial charge is 0.307 e. The zero-order chi connectivity index (χ0) is 13.7. The lowest BCUT2D eigenvalue weighted by atomic mass is 10.1. The number of carbonyl (C=O) groups is 1. The van der Waals surface area contributed by atoms with Gasteiger partial charge in [0.15, 0.2) is 0 Å². The summed E-state index contributed by atoms with van der Waals surface area (Å²) in [5.41, 5.74) is 4.33. The van der Waals surface area contributed by atoms with Gasteiger partial charge in [-0.05, 0) is 35.7 Å². The Hall–Kier alpha value is -2.29. The maximum absolute atomic E-state index is 10.6. The van der Waals surface area contributed by atoms with Crippen molar-refractivity contribution < 1.29 is 9.90 Å². The number of benzene rings is 2. The van der Waals surface area contributed by atoms with E-state index in [0.29, 0.717) is 0 Å². The molecule has 0 spiro atoms. The number of hydrogen-bond donors (Lipinski definition) is 2. The van der Waals surface area contributed by atoms with E-state index in [9.17, 15) is 4.79 Å². The van der Waals surface area contributed by atoms with Crippen LogP contribution in [-0.2, 0) is 17.8 Å². The highest BCUT2D eigenvalue weighted by Crippen LogP contribution is 2.13. The van der Waals surface area contributed by atoms with E-state index in [2.05, 4.69) is 24.4 Å². The average molecular weight is 255 g/mol. The topological polar surface area (TPSA) is 49.3 Å². The predicted molar refractivity (Wildman–Crippen MR) is 76.3 cm³/mol. The number of carboxylic acids is 1. The van der Waals surface area contributed by atoms with E-state index in [4.69, 9.17) is 5.11 Å². The van der Waals surface area contributed by atoms with E-state index in [1.807, 2.05) is 36.4 Å². The number of aryl methyl sites for hydroxylation is 1. The molecule has 0 radical (unpaired) electrons. The van der Waals surface area contributed by atoms with E-state index in [-0.39, 0.29) is 6.42 Å². The lowest BCUT2D eigenvalue weighted by Gasteiger charge is -2.09. The number of nitrogens with one attached hydrogen (secondary N) is 1. The second-order valence-corrected chi connectivity index (χ2v) is 4.55. The molecule has 0 fully saturated rings. The Bertz CT molecular complexity index is 561. The van der Waals surface area contributed by atoms with Crippen LogP contribution in [0, 0.1) is 6.92 Å². The number of aliphatic carboxylic acids is 1. The maximum atomic E-state index is 10.6. The lowest BCUT2D eigenvalue weighted by Crippen LogP contribution is -2.02. The van der Waals surface area contributed by atoms with Gasteiger partial charge in [0.05, 0.1) is 6.42 Å². The zero-order valence-corrected chi connectivity index (χ0v) is 10.9. The van der Waals surface area contributed by atoms with E-state index >= 15 is 0 Å². The molecule has 0 bridgehead atoms. The van der Waals surface area contributed by atoms with Gasteiger partial charge < -0.3 is 10.4 Å². The summed E-state index contributed by atoms with van der Waals surface area (Å²) in [6.07, 6.45) is 0.0675. The van der Waals surface area contributed by atoms with Crippen LogP contribution in [0.1, 0.15) is 16.7 Å². The molecule has 0 aliphatic carbocycles. The first kappa shape index (κ1) is 13.1. The fraction of sp³-hybridized carbons (Fsp3) is 0.188. The standard InChI is InChI=1S/C16H17NO2/c1-12-4-2-3-5-14(12)11-17-15-8-6-13(7-9-15)10-16(18)19/h2-9,17H,10-11H2,1H3,(H,18,19). The average Bonchev–Trinajstić information content (AvgIpc) is 2.39. The molecule has 0 aliphatic rings. The predicted octanol–water partition coefficient (Wildman–Crippen LogP) is 3.23. The Morgan fingerprint density at radius 3 is 2.42 bits per heavy atom. The normalized spacial score (nSPS) is 10.2. The maximum Gasteiger partial charge on any atom is 0.307 e. The number of hydrogen-bond acceptors (Lipinski definition) is 2. The Balaban J connectivity index is 1.97. The van der Waals surface area contributed by atoms with E-state index in [1.165, 1.54) is 11.1 Å². The molecule has 19 heavy (non-hydrogen) atoms. The molecule has 0 amide bonds. The van der Waals surface area contributed by atoms with E-state index < -0.39 is 5.97 Å². The number of anilines is 1. The Morgan fingerprint density at radius 1 is 1.11 bits per heavy atom. The quantitative estimate of drug-likeness (QED) is 0.862. The summed E-state index contributed by atoms with van der Waals surface area (Å²) in [4.78, 5) is 10.6. The van der Waals surface area contributed by atoms with Crippen LogP contribution >= 0.6 is 0 Å². The molecule has 2 aromatic carbocycles. The van der Waals surface area contributed by atoms with Gasteiger partial charge in [-0.2, -0.15) is 0 Å². The van der Waals surface area contributed by atoms with Crippen LogP contribution in [0.3, 0.4) is 0 Å². The fourth-order valence-electron chi connectivity index (χ4n) is 1.92. The van der Waals surface area contributed by atoms with Gasteiger partial charge in [-0.3, -0.25) is 4.79 Å². The Morgan fingerprint density at radius 2 is 1.79 bits per heavy atom. The van der Waals surface area contributed by atoms with Gasteiger partial charge in [-0.25, -0.2) is 0 Å². The molecule has 2 aromatic rings. The molecule has 0 atom stereocenters. The summed E-state index contributed by atoms with van der Waals surface area (Å²) in [5.74, 6) is -0.805. The molecule has 3 heteroatoms. The van der Waals surface area contributed by atoms with Crippen LogP contribution in [0.15, 0.2) is 48.5 Å². The largest absolute Gasteiger partial charge is 0.481 e. The second kappa shape index (κ2) is 6.05. The van der Waals surface area contributed by atoms with Crippen LogP contribution < -0.4 is 5.32 Å². The summed E-state index contributed by atoms with van der Waals surface area (Å²) >= 11 is 0. The fourth-order valence-corrected chi connectivity index (χ4v) is 1.92. The molecule has 0 saturated carbocycles. The third-order valence-corrected chi connectivity index (χ3v) is 3.05. The first-order valence-electron chi connectivity index (χ1n) is 6.24. The molecule has 2 N–H and O–H groups in total. The first-order chi connectivity index (χ1) is 9.15. The van der Waals surface area contributed by atoms with Gasteiger partial charge in [0.25, 0.3) is 0 Å². The highest BCUT2D eigenvalue weighted by atomic mass is 16.4. The molecule has 98 valence electrons. The minimum Gasteiger partial charge on any atom is -0.481 e. The minimum atomic E-state index is -0.805. The summed E-state index contributed by atoms with van der Waals surface area (Å²) in [7, 11) is 0. The third kappa shape index (κ3) is 3.85. The Labute approximate surface area is 112 Å². The van der Waals surface area contributed by atoms with Crippen molar-refractivity contribution in [3.8, 4) is 0 Å². The van der Waals surface area contributed by atoms with Crippen LogP contribution in [0.25, 0.3) is 0 Å². The van der Waals surface area contributed by atoms with Gasteiger partial charge in [0.2, 0.25) is 0 Å². The van der Waals surface area contributed by atoms with Crippen molar-refractivity contribution in [1.29, 1.82) is 0 Å². The molecule has 0 heterocycles. The molecule has 2 rings (SSSR count). The van der Waals surface area contributed by atoms with Crippen molar-refractivity contribution in [2.75, 3.05) is 5.32 Å². The molecule has 0 aromatic heterocycles. The number of rotatable bonds is 5. The molecule has 0 saturated heterocycles. The van der Waals surface area contributed by atoms with Gasteiger partial charge in [0, 0.05) is 12.2 Å². The van der Waals surface area contributed by atoms with Crippen molar-refractivity contribution in [3.63, 3.8) is 0 Å². The van der Waals surface area contributed by atoms with Crippen LogP contribution in [-0.4, -0.2) is 11.1 Å². The van der Waals surface area contributed by atoms with Crippen LogP contribution in [0.2, 0.25) is 0 Å². The Kier molecular flexibility index (Phi) is 4.18. The second-order valence-electron chi connectivity index (χ2n) is 4.55.